The summed E-state index contributed by atoms with van der Waals surface area (Å²) in [6.45, 7) is 7.57. The first kappa shape index (κ1) is 28.5. The minimum atomic E-state index is -0.726. The van der Waals surface area contributed by atoms with Gasteiger partial charge in [-0.3, -0.25) is 14.5 Å². The molecule has 0 aromatic heterocycles. The molecule has 8 heteroatoms. The highest BCUT2D eigenvalue weighted by Gasteiger charge is 2.61. The van der Waals surface area contributed by atoms with Gasteiger partial charge in [-0.15, -0.1) is 6.58 Å². The van der Waals surface area contributed by atoms with Gasteiger partial charge in [0.1, 0.15) is 11.4 Å². The molecule has 0 bridgehead atoms. The molecule has 1 saturated heterocycles. The number of carbonyl (C=O) groups is 2. The summed E-state index contributed by atoms with van der Waals surface area (Å²) in [5.41, 5.74) is 0.690. The summed E-state index contributed by atoms with van der Waals surface area (Å²) in [6, 6.07) is 13.3. The lowest BCUT2D eigenvalue weighted by molar-refractivity contribution is -0.189. The Bertz CT molecular complexity index is 1200. The summed E-state index contributed by atoms with van der Waals surface area (Å²) in [4.78, 5) is 30.1. The molecule has 0 unspecified atom stereocenters. The van der Waals surface area contributed by atoms with Crippen molar-refractivity contribution in [1.82, 2.24) is 9.80 Å². The van der Waals surface area contributed by atoms with E-state index >= 15 is 0 Å². The first-order valence-electron chi connectivity index (χ1n) is 13.0. The second-order valence-corrected chi connectivity index (χ2v) is 11.3. The molecule has 3 atom stereocenters. The molecule has 1 aliphatic carbocycles. The summed E-state index contributed by atoms with van der Waals surface area (Å²) >= 11 is 12.2. The summed E-state index contributed by atoms with van der Waals surface area (Å²) in [6.07, 6.45) is 4.96. The minimum absolute atomic E-state index is 0.0123. The Morgan fingerprint density at radius 2 is 1.97 bits per heavy atom. The molecule has 2 aliphatic rings. The lowest BCUT2D eigenvalue weighted by Gasteiger charge is -2.60. The average molecular weight is 560 g/mol. The lowest BCUT2D eigenvalue weighted by Crippen LogP contribution is -2.68. The maximum atomic E-state index is 13.4. The quantitative estimate of drug-likeness (QED) is 0.308. The smallest absolute Gasteiger partial charge is 0.303 e. The number of ether oxygens (including phenoxy) is 2. The van der Waals surface area contributed by atoms with Crippen LogP contribution < -0.4 is 4.74 Å². The van der Waals surface area contributed by atoms with Gasteiger partial charge in [0.05, 0.1) is 23.6 Å². The number of likely N-dealkylation sites (N-methyl/N-ethyl adjacent to an activating group) is 1. The van der Waals surface area contributed by atoms with Crippen LogP contribution in [-0.4, -0.2) is 67.1 Å². The second-order valence-electron chi connectivity index (χ2n) is 10.5. The van der Waals surface area contributed by atoms with Gasteiger partial charge in [-0.05, 0) is 67.6 Å². The SMILES string of the molecule is C=CCN1CC[C@@]2(c3cccc(OC)c3)C[C@H](N(C)C(=O)Cc3ccc(Cl)c(Cl)c3)CC[C@]2(OC(C)=O)C1. The highest BCUT2D eigenvalue weighted by atomic mass is 35.5. The summed E-state index contributed by atoms with van der Waals surface area (Å²) in [5, 5.41) is 0.903. The summed E-state index contributed by atoms with van der Waals surface area (Å²) in [7, 11) is 3.53. The standard InChI is InChI=1S/C30H36Cl2N2O4/c1-5-14-34-15-13-29(23-7-6-8-25(18-23)37-4)19-24(11-12-30(29,20-34)38-21(2)35)33(3)28(36)17-22-9-10-26(31)27(32)16-22/h5-10,16,18,24H,1,11-15,17,19-20H2,2-4H3/t24-,29+,30+/m1/s1. The van der Waals surface area contributed by atoms with Crippen LogP contribution in [-0.2, 0) is 26.2 Å². The fourth-order valence-electron chi connectivity index (χ4n) is 6.40. The zero-order valence-corrected chi connectivity index (χ0v) is 23.9. The number of carbonyl (C=O) groups excluding carboxylic acids is 2. The van der Waals surface area contributed by atoms with E-state index in [1.54, 1.807) is 19.2 Å². The van der Waals surface area contributed by atoms with Gasteiger partial charge in [-0.2, -0.15) is 0 Å². The zero-order chi connectivity index (χ0) is 27.5. The van der Waals surface area contributed by atoms with Gasteiger partial charge >= 0.3 is 5.97 Å². The molecule has 2 aromatic carbocycles. The molecule has 0 N–H and O–H groups in total. The number of esters is 1. The van der Waals surface area contributed by atoms with Gasteiger partial charge in [0.25, 0.3) is 0 Å². The number of fused-ring (bicyclic) bond motifs is 1. The van der Waals surface area contributed by atoms with E-state index in [0.29, 0.717) is 29.4 Å². The van der Waals surface area contributed by atoms with Crippen LogP contribution in [0.25, 0.3) is 0 Å². The number of amides is 1. The molecule has 4 rings (SSSR count). The Kier molecular flexibility index (Phi) is 8.75. The van der Waals surface area contributed by atoms with Crippen molar-refractivity contribution in [2.75, 3.05) is 33.8 Å². The second kappa shape index (κ2) is 11.7. The molecular formula is C30H36Cl2N2O4. The van der Waals surface area contributed by atoms with E-state index in [0.717, 1.165) is 42.8 Å². The number of hydrogen-bond acceptors (Lipinski definition) is 5. The number of nitrogens with zero attached hydrogens (tertiary/aromatic N) is 2. The van der Waals surface area contributed by atoms with E-state index in [1.165, 1.54) is 6.92 Å². The summed E-state index contributed by atoms with van der Waals surface area (Å²) in [5.74, 6) is 0.478. The Balaban J connectivity index is 1.69. The first-order chi connectivity index (χ1) is 18.1. The molecular weight excluding hydrogens is 523 g/mol. The van der Waals surface area contributed by atoms with E-state index in [-0.39, 0.29) is 24.3 Å². The zero-order valence-electron chi connectivity index (χ0n) is 22.3. The Hall–Kier alpha value is -2.54. The largest absolute Gasteiger partial charge is 0.497 e. The van der Waals surface area contributed by atoms with Crippen molar-refractivity contribution in [2.24, 2.45) is 0 Å². The molecule has 38 heavy (non-hydrogen) atoms. The number of piperidine rings is 1. The van der Waals surface area contributed by atoms with Crippen LogP contribution in [0.4, 0.5) is 0 Å². The number of likely N-dealkylation sites (tertiary alicyclic amines) is 1. The van der Waals surface area contributed by atoms with E-state index in [4.69, 9.17) is 32.7 Å². The average Bonchev–Trinajstić information content (AvgIpc) is 2.89. The van der Waals surface area contributed by atoms with Crippen LogP contribution in [0.5, 0.6) is 5.75 Å². The predicted octanol–water partition coefficient (Wildman–Crippen LogP) is 5.69. The maximum Gasteiger partial charge on any atom is 0.303 e. The van der Waals surface area contributed by atoms with Crippen molar-refractivity contribution in [2.45, 2.75) is 56.1 Å². The van der Waals surface area contributed by atoms with E-state index < -0.39 is 11.0 Å². The van der Waals surface area contributed by atoms with Crippen LogP contribution in [0.2, 0.25) is 10.0 Å². The van der Waals surface area contributed by atoms with Crippen molar-refractivity contribution in [3.63, 3.8) is 0 Å². The molecule has 2 fully saturated rings. The molecule has 6 nitrogen and oxygen atoms in total. The molecule has 1 heterocycles. The molecule has 0 radical (unpaired) electrons. The normalized spacial score (nSPS) is 25.2. The molecule has 1 aliphatic heterocycles. The molecule has 0 spiro atoms. The highest BCUT2D eigenvalue weighted by molar-refractivity contribution is 6.42. The van der Waals surface area contributed by atoms with E-state index in [9.17, 15) is 9.59 Å². The number of rotatable bonds is 8. The predicted molar refractivity (Wildman–Crippen MR) is 151 cm³/mol. The van der Waals surface area contributed by atoms with Crippen molar-refractivity contribution in [1.29, 1.82) is 0 Å². The Morgan fingerprint density at radius 1 is 1.18 bits per heavy atom. The van der Waals surface area contributed by atoms with Gasteiger partial charge in [-0.25, -0.2) is 0 Å². The van der Waals surface area contributed by atoms with E-state index in [1.807, 2.05) is 36.2 Å². The van der Waals surface area contributed by atoms with Crippen molar-refractivity contribution in [3.8, 4) is 5.75 Å². The summed E-state index contributed by atoms with van der Waals surface area (Å²) < 4.78 is 11.9. The Morgan fingerprint density at radius 3 is 2.66 bits per heavy atom. The maximum absolute atomic E-state index is 13.4. The van der Waals surface area contributed by atoms with Crippen LogP contribution in [0.3, 0.4) is 0 Å². The minimum Gasteiger partial charge on any atom is -0.497 e. The third-order valence-corrected chi connectivity index (χ3v) is 9.04. The van der Waals surface area contributed by atoms with Gasteiger partial charge in [0, 0.05) is 38.5 Å². The van der Waals surface area contributed by atoms with Crippen molar-refractivity contribution < 1.29 is 19.1 Å². The molecule has 1 saturated carbocycles. The monoisotopic (exact) mass is 558 g/mol. The van der Waals surface area contributed by atoms with Crippen LogP contribution in [0.15, 0.2) is 55.1 Å². The van der Waals surface area contributed by atoms with Crippen molar-refractivity contribution >= 4 is 35.1 Å². The molecule has 1 amide bonds. The third-order valence-electron chi connectivity index (χ3n) is 8.30. The Labute approximate surface area is 235 Å². The van der Waals surface area contributed by atoms with Gasteiger partial charge in [0.2, 0.25) is 5.91 Å². The third kappa shape index (κ3) is 5.58. The van der Waals surface area contributed by atoms with Crippen LogP contribution in [0.1, 0.15) is 43.7 Å². The van der Waals surface area contributed by atoms with Crippen LogP contribution >= 0.6 is 23.2 Å². The topological polar surface area (TPSA) is 59.1 Å². The van der Waals surface area contributed by atoms with Crippen LogP contribution in [0, 0.1) is 0 Å². The van der Waals surface area contributed by atoms with Gasteiger partial charge in [0.15, 0.2) is 0 Å². The molecule has 2 aromatic rings. The lowest BCUT2D eigenvalue weighted by atomic mass is 9.55. The van der Waals surface area contributed by atoms with E-state index in [2.05, 4.69) is 23.6 Å². The number of halogens is 2. The first-order valence-corrected chi connectivity index (χ1v) is 13.8. The fourth-order valence-corrected chi connectivity index (χ4v) is 6.72. The number of benzene rings is 2. The number of methoxy groups -OCH3 is 1. The fraction of sp³-hybridized carbons (Fsp3) is 0.467. The van der Waals surface area contributed by atoms with Crippen molar-refractivity contribution in [3.05, 3.63) is 76.3 Å². The highest BCUT2D eigenvalue weighted by Crippen LogP contribution is 2.54. The number of hydrogen-bond donors (Lipinski definition) is 0. The van der Waals surface area contributed by atoms with Gasteiger partial charge < -0.3 is 14.4 Å². The van der Waals surface area contributed by atoms with Gasteiger partial charge in [-0.1, -0.05) is 47.5 Å². The molecule has 204 valence electrons.